The number of rotatable bonds is 11. The molecule has 0 bridgehead atoms. The van der Waals surface area contributed by atoms with Crippen LogP contribution in [0.3, 0.4) is 0 Å². The van der Waals surface area contributed by atoms with Crippen LogP contribution in [0.4, 0.5) is 0 Å². The summed E-state index contributed by atoms with van der Waals surface area (Å²) in [5, 5.41) is 12.4. The van der Waals surface area contributed by atoms with E-state index in [0.29, 0.717) is 29.6 Å². The van der Waals surface area contributed by atoms with E-state index in [9.17, 15) is 9.90 Å². The Morgan fingerprint density at radius 3 is 2.43 bits per heavy atom. The fourth-order valence-corrected chi connectivity index (χ4v) is 3.11. The molecule has 28 heavy (non-hydrogen) atoms. The Hall–Kier alpha value is -2.41. The Bertz CT molecular complexity index is 749. The second kappa shape index (κ2) is 10.8. The van der Waals surface area contributed by atoms with E-state index in [1.807, 2.05) is 6.07 Å². The van der Waals surface area contributed by atoms with Crippen molar-refractivity contribution in [2.75, 3.05) is 40.9 Å². The normalized spacial score (nSPS) is 13.2. The van der Waals surface area contributed by atoms with Crippen molar-refractivity contribution in [1.82, 2.24) is 0 Å². The van der Waals surface area contributed by atoms with Gasteiger partial charge in [0.15, 0.2) is 23.3 Å². The monoisotopic (exact) mass is 388 g/mol. The minimum atomic E-state index is -0.606. The van der Waals surface area contributed by atoms with Crippen LogP contribution in [0.5, 0.6) is 11.5 Å². The first kappa shape index (κ1) is 21.9. The van der Waals surface area contributed by atoms with Crippen LogP contribution in [0.15, 0.2) is 48.5 Å². The highest BCUT2D eigenvalue weighted by Crippen LogP contribution is 2.28. The summed E-state index contributed by atoms with van der Waals surface area (Å²) in [7, 11) is 5.81. The van der Waals surface area contributed by atoms with Crippen molar-refractivity contribution in [3.8, 4) is 11.5 Å². The number of ether oxygens (including phenoxy) is 2. The van der Waals surface area contributed by atoms with E-state index < -0.39 is 6.10 Å². The number of quaternary nitrogens is 2. The Morgan fingerprint density at radius 1 is 1.11 bits per heavy atom. The molecule has 6 nitrogen and oxygen atoms in total. The molecule has 152 valence electrons. The molecule has 0 saturated heterocycles. The van der Waals surface area contributed by atoms with Crippen LogP contribution in [0.25, 0.3) is 0 Å². The summed E-state index contributed by atoms with van der Waals surface area (Å²) >= 11 is 0. The van der Waals surface area contributed by atoms with Crippen molar-refractivity contribution in [2.24, 2.45) is 0 Å². The fraction of sp³-hybridized carbons (Fsp3) is 0.409. The van der Waals surface area contributed by atoms with E-state index >= 15 is 0 Å². The molecule has 0 aliphatic heterocycles. The van der Waals surface area contributed by atoms with Crippen LogP contribution >= 0.6 is 0 Å². The molecule has 0 fully saturated rings. The standard InChI is InChI=1S/C22H30N2O4/c1-16(25)18-10-11-21(22(12-18)27-4)28-15-19(26)13-23-14-20(24(2)3)17-8-6-5-7-9-17/h5-12,19-20,23,26H,13-15H2,1-4H3/p+2/t19-,20+/m1/s1. The maximum absolute atomic E-state index is 11.5. The number of carbonyl (C=O) groups excluding carboxylic acids is 1. The summed E-state index contributed by atoms with van der Waals surface area (Å²) in [6.07, 6.45) is -0.606. The Kier molecular flexibility index (Phi) is 8.44. The van der Waals surface area contributed by atoms with Gasteiger partial charge in [-0.3, -0.25) is 4.79 Å². The minimum absolute atomic E-state index is 0.0320. The number of hydrogen-bond acceptors (Lipinski definition) is 4. The number of benzene rings is 2. The van der Waals surface area contributed by atoms with Crippen LogP contribution in [-0.4, -0.2) is 57.9 Å². The lowest BCUT2D eigenvalue weighted by atomic mass is 10.1. The van der Waals surface area contributed by atoms with Gasteiger partial charge in [0, 0.05) is 11.1 Å². The number of carbonyl (C=O) groups is 1. The van der Waals surface area contributed by atoms with Gasteiger partial charge in [-0.05, 0) is 25.1 Å². The van der Waals surface area contributed by atoms with Crippen LogP contribution in [0, 0.1) is 0 Å². The summed E-state index contributed by atoms with van der Waals surface area (Å²) in [4.78, 5) is 12.8. The smallest absolute Gasteiger partial charge is 0.162 e. The van der Waals surface area contributed by atoms with Gasteiger partial charge in [0.2, 0.25) is 0 Å². The van der Waals surface area contributed by atoms with E-state index in [2.05, 4.69) is 43.7 Å². The lowest BCUT2D eigenvalue weighted by molar-refractivity contribution is -0.909. The van der Waals surface area contributed by atoms with Crippen LogP contribution in [-0.2, 0) is 0 Å². The quantitative estimate of drug-likeness (QED) is 0.477. The summed E-state index contributed by atoms with van der Waals surface area (Å²) in [6, 6.07) is 15.8. The predicted octanol–water partition coefficient (Wildman–Crippen LogP) is 0.0867. The van der Waals surface area contributed by atoms with Gasteiger partial charge in [-0.15, -0.1) is 0 Å². The van der Waals surface area contributed by atoms with E-state index in [0.717, 1.165) is 6.54 Å². The average Bonchev–Trinajstić information content (AvgIpc) is 2.69. The van der Waals surface area contributed by atoms with Gasteiger partial charge in [0.05, 0.1) is 21.2 Å². The third-order valence-corrected chi connectivity index (χ3v) is 4.74. The summed E-state index contributed by atoms with van der Waals surface area (Å²) in [5.74, 6) is 0.978. The zero-order valence-corrected chi connectivity index (χ0v) is 17.1. The van der Waals surface area contributed by atoms with Crippen molar-refractivity contribution in [3.63, 3.8) is 0 Å². The molecular formula is C22H32N2O4+2. The van der Waals surface area contributed by atoms with Gasteiger partial charge in [-0.25, -0.2) is 0 Å². The Balaban J connectivity index is 1.84. The van der Waals surface area contributed by atoms with Crippen molar-refractivity contribution in [1.29, 1.82) is 0 Å². The SMILES string of the molecule is COc1cc(C(C)=O)ccc1OC[C@H](O)C[NH2+]C[C@@H](c1ccccc1)[NH+](C)C. The highest BCUT2D eigenvalue weighted by atomic mass is 16.5. The lowest BCUT2D eigenvalue weighted by Gasteiger charge is -2.21. The molecule has 0 unspecified atom stereocenters. The maximum Gasteiger partial charge on any atom is 0.162 e. The van der Waals surface area contributed by atoms with Crippen LogP contribution < -0.4 is 19.7 Å². The first-order valence-corrected chi connectivity index (χ1v) is 9.58. The third kappa shape index (κ3) is 6.34. The zero-order chi connectivity index (χ0) is 20.5. The topological polar surface area (TPSA) is 76.8 Å². The van der Waals surface area contributed by atoms with E-state index in [-0.39, 0.29) is 12.4 Å². The van der Waals surface area contributed by atoms with Gasteiger partial charge in [0.1, 0.15) is 25.8 Å². The predicted molar refractivity (Wildman–Crippen MR) is 108 cm³/mol. The fourth-order valence-electron chi connectivity index (χ4n) is 3.11. The number of Topliss-reactive ketones (excluding diaryl/α,β-unsaturated/α-hetero) is 1. The number of hydrogen-bond donors (Lipinski definition) is 3. The first-order valence-electron chi connectivity index (χ1n) is 9.58. The molecule has 2 atom stereocenters. The molecule has 0 spiro atoms. The van der Waals surface area contributed by atoms with E-state index in [1.54, 1.807) is 18.2 Å². The number of nitrogens with two attached hydrogens (primary N) is 1. The largest absolute Gasteiger partial charge is 0.493 e. The Labute approximate surface area is 167 Å². The molecule has 2 aromatic rings. The van der Waals surface area contributed by atoms with Crippen molar-refractivity contribution in [2.45, 2.75) is 19.1 Å². The molecule has 2 rings (SSSR count). The average molecular weight is 389 g/mol. The Morgan fingerprint density at radius 2 is 1.82 bits per heavy atom. The van der Waals surface area contributed by atoms with Gasteiger partial charge in [-0.1, -0.05) is 30.3 Å². The number of aliphatic hydroxyl groups excluding tert-OH is 1. The zero-order valence-electron chi connectivity index (χ0n) is 17.1. The first-order chi connectivity index (χ1) is 13.4. The molecule has 0 aromatic heterocycles. The van der Waals surface area contributed by atoms with E-state index in [4.69, 9.17) is 9.47 Å². The van der Waals surface area contributed by atoms with Crippen LogP contribution in [0.2, 0.25) is 0 Å². The number of ketones is 1. The van der Waals surface area contributed by atoms with Crippen molar-refractivity contribution < 1.29 is 29.6 Å². The number of likely N-dealkylation sites (N-methyl/N-ethyl adjacent to an activating group) is 1. The molecule has 6 heteroatoms. The molecule has 0 amide bonds. The van der Waals surface area contributed by atoms with E-state index in [1.165, 1.54) is 24.5 Å². The van der Waals surface area contributed by atoms with Gasteiger partial charge >= 0.3 is 0 Å². The highest BCUT2D eigenvalue weighted by Gasteiger charge is 2.20. The van der Waals surface area contributed by atoms with Crippen LogP contribution in [0.1, 0.15) is 28.9 Å². The number of nitrogens with one attached hydrogen (secondary N) is 1. The molecular weight excluding hydrogens is 356 g/mol. The maximum atomic E-state index is 11.5. The third-order valence-electron chi connectivity index (χ3n) is 4.74. The molecule has 0 aliphatic rings. The molecule has 0 saturated carbocycles. The number of methoxy groups -OCH3 is 1. The summed E-state index contributed by atoms with van der Waals surface area (Å²) < 4.78 is 11.0. The molecule has 4 N–H and O–H groups in total. The summed E-state index contributed by atoms with van der Waals surface area (Å²) in [6.45, 7) is 3.09. The van der Waals surface area contributed by atoms with Gasteiger partial charge in [-0.2, -0.15) is 0 Å². The summed E-state index contributed by atoms with van der Waals surface area (Å²) in [5.41, 5.74) is 1.86. The number of aliphatic hydroxyl groups is 1. The highest BCUT2D eigenvalue weighted by molar-refractivity contribution is 5.94. The van der Waals surface area contributed by atoms with Gasteiger partial charge in [0.25, 0.3) is 0 Å². The minimum Gasteiger partial charge on any atom is -0.493 e. The second-order valence-electron chi connectivity index (χ2n) is 7.19. The van der Waals surface area contributed by atoms with Gasteiger partial charge < -0.3 is 24.8 Å². The molecule has 0 heterocycles. The molecule has 0 radical (unpaired) electrons. The molecule has 2 aromatic carbocycles. The molecule has 0 aliphatic carbocycles. The van der Waals surface area contributed by atoms with Crippen molar-refractivity contribution in [3.05, 3.63) is 59.7 Å². The lowest BCUT2D eigenvalue weighted by Crippen LogP contribution is -3.09. The second-order valence-corrected chi connectivity index (χ2v) is 7.19. The van der Waals surface area contributed by atoms with Crippen molar-refractivity contribution >= 4 is 5.78 Å².